The zero-order chi connectivity index (χ0) is 10.8. The summed E-state index contributed by atoms with van der Waals surface area (Å²) in [6.45, 7) is 2.10. The van der Waals surface area contributed by atoms with Crippen molar-refractivity contribution in [3.8, 4) is 0 Å². The lowest BCUT2D eigenvalue weighted by atomic mass is 10.1. The third-order valence-electron chi connectivity index (χ3n) is 2.17. The van der Waals surface area contributed by atoms with Crippen LogP contribution in [0.15, 0.2) is 26.7 Å². The van der Waals surface area contributed by atoms with Gasteiger partial charge in [0.25, 0.3) is 0 Å². The standard InChI is InChI=1S/C10H11BrN2S2/c1-6-2-7(4-14-6)10(13-12)8-3-9(11)15-5-8/h2-5,10,13H,12H2,1H3. The second-order valence-electron chi connectivity index (χ2n) is 3.27. The maximum Gasteiger partial charge on any atom is 0.0726 e. The molecule has 0 aliphatic heterocycles. The molecule has 3 N–H and O–H groups in total. The van der Waals surface area contributed by atoms with Crippen LogP contribution in [0.4, 0.5) is 0 Å². The van der Waals surface area contributed by atoms with Gasteiger partial charge in [-0.3, -0.25) is 5.84 Å². The van der Waals surface area contributed by atoms with Crippen molar-refractivity contribution in [2.75, 3.05) is 0 Å². The first-order valence-corrected chi connectivity index (χ1v) is 7.01. The van der Waals surface area contributed by atoms with Crippen molar-refractivity contribution in [2.24, 2.45) is 5.84 Å². The van der Waals surface area contributed by atoms with E-state index in [4.69, 9.17) is 5.84 Å². The van der Waals surface area contributed by atoms with Gasteiger partial charge in [0.05, 0.1) is 9.83 Å². The highest BCUT2D eigenvalue weighted by Crippen LogP contribution is 2.30. The van der Waals surface area contributed by atoms with E-state index in [1.54, 1.807) is 22.7 Å². The second-order valence-corrected chi connectivity index (χ2v) is 6.68. The minimum atomic E-state index is 0.0949. The van der Waals surface area contributed by atoms with E-state index in [-0.39, 0.29) is 6.04 Å². The lowest BCUT2D eigenvalue weighted by Crippen LogP contribution is -2.28. The fourth-order valence-corrected chi connectivity index (χ4v) is 3.41. The molecule has 2 nitrogen and oxygen atoms in total. The number of thiophene rings is 2. The summed E-state index contributed by atoms with van der Waals surface area (Å²) in [7, 11) is 0. The smallest absolute Gasteiger partial charge is 0.0726 e. The third kappa shape index (κ3) is 2.49. The predicted molar refractivity (Wildman–Crippen MR) is 70.2 cm³/mol. The van der Waals surface area contributed by atoms with Crippen LogP contribution in [0, 0.1) is 6.92 Å². The van der Waals surface area contributed by atoms with Gasteiger partial charge in [-0.05, 0) is 56.9 Å². The molecule has 0 amide bonds. The summed E-state index contributed by atoms with van der Waals surface area (Å²) in [4.78, 5) is 1.31. The maximum atomic E-state index is 5.60. The maximum absolute atomic E-state index is 5.60. The molecule has 1 atom stereocenters. The molecule has 15 heavy (non-hydrogen) atoms. The summed E-state index contributed by atoms with van der Waals surface area (Å²) in [5, 5.41) is 4.26. The molecule has 0 saturated heterocycles. The van der Waals surface area contributed by atoms with Gasteiger partial charge < -0.3 is 0 Å². The minimum absolute atomic E-state index is 0.0949. The van der Waals surface area contributed by atoms with Gasteiger partial charge >= 0.3 is 0 Å². The highest BCUT2D eigenvalue weighted by molar-refractivity contribution is 9.11. The molecule has 0 aromatic carbocycles. The van der Waals surface area contributed by atoms with Crippen molar-refractivity contribution in [3.05, 3.63) is 42.7 Å². The Morgan fingerprint density at radius 2 is 1.93 bits per heavy atom. The Balaban J connectivity index is 2.32. The summed E-state index contributed by atoms with van der Waals surface area (Å²) in [5.74, 6) is 5.60. The first kappa shape index (κ1) is 11.3. The van der Waals surface area contributed by atoms with E-state index in [1.165, 1.54) is 16.0 Å². The van der Waals surface area contributed by atoms with Gasteiger partial charge in [-0.1, -0.05) is 0 Å². The molecule has 0 bridgehead atoms. The van der Waals surface area contributed by atoms with Crippen LogP contribution in [-0.4, -0.2) is 0 Å². The fraction of sp³-hybridized carbons (Fsp3) is 0.200. The Bertz CT molecular complexity index is 409. The average molecular weight is 303 g/mol. The van der Waals surface area contributed by atoms with Gasteiger partial charge in [-0.25, -0.2) is 5.43 Å². The van der Waals surface area contributed by atoms with Crippen molar-refractivity contribution < 1.29 is 0 Å². The Labute approximate surface area is 105 Å². The summed E-state index contributed by atoms with van der Waals surface area (Å²) in [6.07, 6.45) is 0. The molecule has 0 fully saturated rings. The molecule has 0 aliphatic rings. The van der Waals surface area contributed by atoms with E-state index < -0.39 is 0 Å². The highest BCUT2D eigenvalue weighted by atomic mass is 79.9. The Hall–Kier alpha value is -0.200. The van der Waals surface area contributed by atoms with Crippen LogP contribution in [0.2, 0.25) is 0 Å². The number of halogens is 1. The number of rotatable bonds is 3. The topological polar surface area (TPSA) is 38.0 Å². The fourth-order valence-electron chi connectivity index (χ4n) is 1.47. The van der Waals surface area contributed by atoms with E-state index in [2.05, 4.69) is 51.2 Å². The largest absolute Gasteiger partial charge is 0.271 e. The molecule has 2 aromatic rings. The zero-order valence-electron chi connectivity index (χ0n) is 8.16. The van der Waals surface area contributed by atoms with E-state index in [0.29, 0.717) is 0 Å². The Morgan fingerprint density at radius 1 is 1.27 bits per heavy atom. The number of hydrogen-bond donors (Lipinski definition) is 2. The van der Waals surface area contributed by atoms with Gasteiger partial charge in [-0.2, -0.15) is 0 Å². The van der Waals surface area contributed by atoms with Crippen molar-refractivity contribution in [2.45, 2.75) is 13.0 Å². The van der Waals surface area contributed by atoms with Gasteiger partial charge in [0.15, 0.2) is 0 Å². The van der Waals surface area contributed by atoms with Gasteiger partial charge in [0, 0.05) is 4.88 Å². The van der Waals surface area contributed by atoms with Crippen molar-refractivity contribution in [1.82, 2.24) is 5.43 Å². The summed E-state index contributed by atoms with van der Waals surface area (Å²) >= 11 is 6.88. The molecule has 2 heterocycles. The van der Waals surface area contributed by atoms with E-state index >= 15 is 0 Å². The molecule has 0 spiro atoms. The molecule has 5 heteroatoms. The summed E-state index contributed by atoms with van der Waals surface area (Å²) in [6, 6.07) is 4.36. The first-order chi connectivity index (χ1) is 7.20. The molecule has 0 radical (unpaired) electrons. The van der Waals surface area contributed by atoms with Gasteiger partial charge in [0.2, 0.25) is 0 Å². The Kier molecular flexibility index (Phi) is 3.58. The van der Waals surface area contributed by atoms with Crippen LogP contribution in [0.3, 0.4) is 0 Å². The quantitative estimate of drug-likeness (QED) is 0.673. The van der Waals surface area contributed by atoms with Crippen molar-refractivity contribution >= 4 is 38.6 Å². The van der Waals surface area contributed by atoms with Crippen LogP contribution in [0.5, 0.6) is 0 Å². The van der Waals surface area contributed by atoms with E-state index in [0.717, 1.165) is 3.79 Å². The number of aryl methyl sites for hydroxylation is 1. The zero-order valence-corrected chi connectivity index (χ0v) is 11.4. The van der Waals surface area contributed by atoms with Crippen LogP contribution in [-0.2, 0) is 0 Å². The third-order valence-corrected chi connectivity index (χ3v) is 4.57. The first-order valence-electron chi connectivity index (χ1n) is 4.46. The lowest BCUT2D eigenvalue weighted by molar-refractivity contribution is 0.640. The Morgan fingerprint density at radius 3 is 2.40 bits per heavy atom. The normalized spacial score (nSPS) is 13.0. The van der Waals surface area contributed by atoms with Crippen molar-refractivity contribution in [1.29, 1.82) is 0 Å². The lowest BCUT2D eigenvalue weighted by Gasteiger charge is -2.12. The minimum Gasteiger partial charge on any atom is -0.271 e. The molecule has 2 rings (SSSR count). The SMILES string of the molecule is Cc1cc(C(NN)c2csc(Br)c2)cs1. The van der Waals surface area contributed by atoms with Gasteiger partial charge in [-0.15, -0.1) is 22.7 Å². The summed E-state index contributed by atoms with van der Waals surface area (Å²) < 4.78 is 1.13. The molecule has 0 saturated carbocycles. The molecule has 80 valence electrons. The predicted octanol–water partition coefficient (Wildman–Crippen LogP) is 3.43. The van der Waals surface area contributed by atoms with Crippen LogP contribution in [0.1, 0.15) is 22.0 Å². The van der Waals surface area contributed by atoms with E-state index in [1.807, 2.05) is 0 Å². The monoisotopic (exact) mass is 302 g/mol. The van der Waals surface area contributed by atoms with Crippen LogP contribution in [0.25, 0.3) is 0 Å². The number of nitrogens with one attached hydrogen (secondary N) is 1. The second kappa shape index (κ2) is 4.76. The number of hydrazine groups is 1. The van der Waals surface area contributed by atoms with Gasteiger partial charge in [0.1, 0.15) is 0 Å². The molecular weight excluding hydrogens is 292 g/mol. The van der Waals surface area contributed by atoms with E-state index in [9.17, 15) is 0 Å². The average Bonchev–Trinajstić information content (AvgIpc) is 2.78. The number of nitrogens with two attached hydrogens (primary N) is 1. The van der Waals surface area contributed by atoms with Crippen LogP contribution < -0.4 is 11.3 Å². The molecule has 2 aromatic heterocycles. The van der Waals surface area contributed by atoms with Crippen LogP contribution >= 0.6 is 38.6 Å². The van der Waals surface area contributed by atoms with Crippen molar-refractivity contribution in [3.63, 3.8) is 0 Å². The molecular formula is C10H11BrN2S2. The number of hydrogen-bond acceptors (Lipinski definition) is 4. The molecule has 1 unspecified atom stereocenters. The molecule has 0 aliphatic carbocycles. The summed E-state index contributed by atoms with van der Waals surface area (Å²) in [5.41, 5.74) is 5.28. The highest BCUT2D eigenvalue weighted by Gasteiger charge is 2.14.